The Morgan fingerprint density at radius 3 is 2.68 bits per heavy atom. The van der Waals surface area contributed by atoms with Gasteiger partial charge in [0, 0.05) is 24.6 Å². The lowest BCUT2D eigenvalue weighted by Crippen LogP contribution is -2.37. The molecule has 1 unspecified atom stereocenters. The smallest absolute Gasteiger partial charge is 0.225 e. The normalized spacial score (nSPS) is 21.8. The molecule has 2 aliphatic rings. The molecule has 1 aliphatic heterocycles. The molecule has 22 heavy (non-hydrogen) atoms. The largest absolute Gasteiger partial charge is 0.340 e. The summed E-state index contributed by atoms with van der Waals surface area (Å²) < 4.78 is 1.93. The number of hydrogen-bond acceptors (Lipinski definition) is 3. The summed E-state index contributed by atoms with van der Waals surface area (Å²) in [6.45, 7) is 1.62. The van der Waals surface area contributed by atoms with Crippen LogP contribution < -0.4 is 0 Å². The number of benzene rings is 1. The molecule has 0 N–H and O–H groups in total. The first-order chi connectivity index (χ1) is 10.8. The highest BCUT2D eigenvalue weighted by Crippen LogP contribution is 2.31. The average Bonchev–Trinajstić information content (AvgIpc) is 3.15. The van der Waals surface area contributed by atoms with E-state index < -0.39 is 0 Å². The van der Waals surface area contributed by atoms with Crippen molar-refractivity contribution < 1.29 is 4.79 Å². The molecule has 1 saturated carbocycles. The monoisotopic (exact) mass is 296 g/mol. The molecule has 0 spiro atoms. The van der Waals surface area contributed by atoms with E-state index in [9.17, 15) is 4.79 Å². The van der Waals surface area contributed by atoms with E-state index >= 15 is 0 Å². The summed E-state index contributed by atoms with van der Waals surface area (Å²) in [6.07, 6.45) is 6.31. The SMILES string of the molecule is O=C(C1CCC1)N1CCC(n2cc(-c3ccccc3)nn2)C1. The van der Waals surface area contributed by atoms with Crippen LogP contribution in [0.2, 0.25) is 0 Å². The third-order valence-corrected chi connectivity index (χ3v) is 4.88. The first-order valence-electron chi connectivity index (χ1n) is 8.07. The van der Waals surface area contributed by atoms with Gasteiger partial charge in [-0.1, -0.05) is 42.0 Å². The maximum absolute atomic E-state index is 12.3. The number of aromatic nitrogens is 3. The minimum absolute atomic E-state index is 0.258. The average molecular weight is 296 g/mol. The fraction of sp³-hybridized carbons (Fsp3) is 0.471. The predicted molar refractivity (Wildman–Crippen MR) is 83.0 cm³/mol. The number of nitrogens with zero attached hydrogens (tertiary/aromatic N) is 4. The lowest BCUT2D eigenvalue weighted by atomic mass is 9.84. The van der Waals surface area contributed by atoms with Crippen LogP contribution in [-0.4, -0.2) is 38.9 Å². The molecular formula is C17H20N4O. The Balaban J connectivity index is 1.45. The number of hydrogen-bond donors (Lipinski definition) is 0. The van der Waals surface area contributed by atoms with Crippen molar-refractivity contribution in [2.45, 2.75) is 31.7 Å². The number of carbonyl (C=O) groups is 1. The van der Waals surface area contributed by atoms with E-state index in [1.165, 1.54) is 6.42 Å². The zero-order valence-corrected chi connectivity index (χ0v) is 12.6. The van der Waals surface area contributed by atoms with Crippen LogP contribution in [0.1, 0.15) is 31.7 Å². The van der Waals surface area contributed by atoms with E-state index in [1.54, 1.807) is 0 Å². The van der Waals surface area contributed by atoms with Gasteiger partial charge in [0.2, 0.25) is 5.91 Å². The Labute approximate surface area is 129 Å². The van der Waals surface area contributed by atoms with Gasteiger partial charge in [-0.15, -0.1) is 5.10 Å². The van der Waals surface area contributed by atoms with Gasteiger partial charge < -0.3 is 4.90 Å². The molecule has 0 radical (unpaired) electrons. The molecule has 1 atom stereocenters. The zero-order valence-electron chi connectivity index (χ0n) is 12.6. The maximum Gasteiger partial charge on any atom is 0.225 e. The van der Waals surface area contributed by atoms with Crippen molar-refractivity contribution >= 4 is 5.91 Å². The van der Waals surface area contributed by atoms with Crippen molar-refractivity contribution in [2.24, 2.45) is 5.92 Å². The topological polar surface area (TPSA) is 51.0 Å². The molecule has 0 bridgehead atoms. The van der Waals surface area contributed by atoms with Crippen molar-refractivity contribution in [1.82, 2.24) is 19.9 Å². The maximum atomic E-state index is 12.3. The molecule has 1 amide bonds. The highest BCUT2D eigenvalue weighted by atomic mass is 16.2. The van der Waals surface area contributed by atoms with Crippen LogP contribution in [0, 0.1) is 5.92 Å². The van der Waals surface area contributed by atoms with E-state index in [4.69, 9.17) is 0 Å². The van der Waals surface area contributed by atoms with Gasteiger partial charge >= 0.3 is 0 Å². The van der Waals surface area contributed by atoms with Crippen LogP contribution in [0.15, 0.2) is 36.5 Å². The second-order valence-corrected chi connectivity index (χ2v) is 6.30. The van der Waals surface area contributed by atoms with Crippen LogP contribution in [-0.2, 0) is 4.79 Å². The number of carbonyl (C=O) groups excluding carboxylic acids is 1. The summed E-state index contributed by atoms with van der Waals surface area (Å²) in [7, 11) is 0. The first-order valence-corrected chi connectivity index (χ1v) is 8.07. The molecular weight excluding hydrogens is 276 g/mol. The van der Waals surface area contributed by atoms with Crippen molar-refractivity contribution in [2.75, 3.05) is 13.1 Å². The minimum Gasteiger partial charge on any atom is -0.340 e. The molecule has 2 heterocycles. The fourth-order valence-electron chi connectivity index (χ4n) is 3.27. The minimum atomic E-state index is 0.258. The standard InChI is InChI=1S/C17H20N4O/c22-17(14-7-4-8-14)20-10-9-15(11-20)21-12-16(18-19-21)13-5-2-1-3-6-13/h1-3,5-6,12,14-15H,4,7-11H2. The lowest BCUT2D eigenvalue weighted by Gasteiger charge is -2.29. The van der Waals surface area contributed by atoms with Crippen molar-refractivity contribution in [3.05, 3.63) is 36.5 Å². The molecule has 5 heteroatoms. The molecule has 5 nitrogen and oxygen atoms in total. The Kier molecular flexibility index (Phi) is 3.41. The van der Waals surface area contributed by atoms with Crippen molar-refractivity contribution in [1.29, 1.82) is 0 Å². The predicted octanol–water partition coefficient (Wildman–Crippen LogP) is 2.52. The van der Waals surface area contributed by atoms with Crippen LogP contribution in [0.5, 0.6) is 0 Å². The van der Waals surface area contributed by atoms with Gasteiger partial charge in [-0.3, -0.25) is 4.79 Å². The second kappa shape index (κ2) is 5.55. The summed E-state index contributed by atoms with van der Waals surface area (Å²) in [4.78, 5) is 14.3. The van der Waals surface area contributed by atoms with Gasteiger partial charge in [-0.05, 0) is 19.3 Å². The Hall–Kier alpha value is -2.17. The summed E-state index contributed by atoms with van der Waals surface area (Å²) in [5.74, 6) is 0.631. The van der Waals surface area contributed by atoms with Gasteiger partial charge in [0.1, 0.15) is 5.69 Å². The molecule has 4 rings (SSSR count). The Morgan fingerprint density at radius 1 is 1.14 bits per heavy atom. The zero-order chi connectivity index (χ0) is 14.9. The lowest BCUT2D eigenvalue weighted by molar-refractivity contribution is -0.137. The van der Waals surface area contributed by atoms with Gasteiger partial charge in [0.05, 0.1) is 12.2 Å². The first kappa shape index (κ1) is 13.5. The number of rotatable bonds is 3. The molecule has 2 fully saturated rings. The highest BCUT2D eigenvalue weighted by Gasteiger charge is 2.34. The van der Waals surface area contributed by atoms with Crippen molar-refractivity contribution in [3.63, 3.8) is 0 Å². The molecule has 1 aromatic heterocycles. The third kappa shape index (κ3) is 2.40. The number of likely N-dealkylation sites (tertiary alicyclic amines) is 1. The van der Waals surface area contributed by atoms with Gasteiger partial charge in [0.25, 0.3) is 0 Å². The van der Waals surface area contributed by atoms with E-state index in [-0.39, 0.29) is 12.0 Å². The molecule has 1 saturated heterocycles. The summed E-state index contributed by atoms with van der Waals surface area (Å²) in [6, 6.07) is 10.3. The van der Waals surface area contributed by atoms with E-state index in [0.29, 0.717) is 5.91 Å². The van der Waals surface area contributed by atoms with Gasteiger partial charge in [0.15, 0.2) is 0 Å². The van der Waals surface area contributed by atoms with E-state index in [0.717, 1.165) is 43.6 Å². The third-order valence-electron chi connectivity index (χ3n) is 4.88. The molecule has 1 aliphatic carbocycles. The van der Waals surface area contributed by atoms with Crippen LogP contribution in [0.4, 0.5) is 0 Å². The summed E-state index contributed by atoms with van der Waals surface area (Å²) in [5.41, 5.74) is 1.97. The Bertz CT molecular complexity index is 662. The Morgan fingerprint density at radius 2 is 1.95 bits per heavy atom. The molecule has 1 aromatic carbocycles. The highest BCUT2D eigenvalue weighted by molar-refractivity contribution is 5.79. The van der Waals surface area contributed by atoms with Crippen LogP contribution in [0.3, 0.4) is 0 Å². The number of amides is 1. The van der Waals surface area contributed by atoms with Crippen molar-refractivity contribution in [3.8, 4) is 11.3 Å². The van der Waals surface area contributed by atoms with E-state index in [1.807, 2.05) is 46.1 Å². The summed E-state index contributed by atoms with van der Waals surface area (Å²) in [5, 5.41) is 8.55. The van der Waals surface area contributed by atoms with Gasteiger partial charge in [-0.25, -0.2) is 4.68 Å². The second-order valence-electron chi connectivity index (χ2n) is 6.30. The molecule has 114 valence electrons. The quantitative estimate of drug-likeness (QED) is 0.874. The summed E-state index contributed by atoms with van der Waals surface area (Å²) >= 11 is 0. The van der Waals surface area contributed by atoms with Gasteiger partial charge in [-0.2, -0.15) is 0 Å². The van der Waals surface area contributed by atoms with Crippen LogP contribution in [0.25, 0.3) is 11.3 Å². The molecule has 2 aromatic rings. The van der Waals surface area contributed by atoms with Crippen LogP contribution >= 0.6 is 0 Å². The fourth-order valence-corrected chi connectivity index (χ4v) is 3.27. The van der Waals surface area contributed by atoms with E-state index in [2.05, 4.69) is 10.3 Å².